The molecule has 0 saturated carbocycles. The zero-order valence-corrected chi connectivity index (χ0v) is 20.4. The Morgan fingerprint density at radius 1 is 1.23 bits per heavy atom. The molecule has 1 heterocycles. The Kier molecular flexibility index (Phi) is 11.6. The first-order valence-corrected chi connectivity index (χ1v) is 10.3. The van der Waals surface area contributed by atoms with Gasteiger partial charge in [0.25, 0.3) is 0 Å². The van der Waals surface area contributed by atoms with E-state index in [-0.39, 0.29) is 30.6 Å². The summed E-state index contributed by atoms with van der Waals surface area (Å²) in [5.74, 6) is 1.06. The summed E-state index contributed by atoms with van der Waals surface area (Å²) >= 11 is 1.61. The van der Waals surface area contributed by atoms with E-state index in [4.69, 9.17) is 4.74 Å². The lowest BCUT2D eigenvalue weighted by molar-refractivity contribution is -0.176. The number of aromatic nitrogens is 1. The molecule has 1 aromatic carbocycles. The first-order chi connectivity index (χ1) is 13.8. The highest BCUT2D eigenvalue weighted by atomic mass is 127. The second-order valence-corrected chi connectivity index (χ2v) is 7.74. The third-order valence-electron chi connectivity index (χ3n) is 3.86. The number of hydrogen-bond donors (Lipinski definition) is 2. The topological polar surface area (TPSA) is 58.5 Å². The highest BCUT2D eigenvalue weighted by Crippen LogP contribution is 2.18. The molecule has 2 N–H and O–H groups in total. The molecule has 0 saturated heterocycles. The van der Waals surface area contributed by atoms with Gasteiger partial charge in [-0.2, -0.15) is 13.2 Å². The molecule has 0 aliphatic carbocycles. The van der Waals surface area contributed by atoms with Crippen LogP contribution < -0.4 is 10.6 Å². The number of guanidine groups is 1. The van der Waals surface area contributed by atoms with Crippen LogP contribution in [0.1, 0.15) is 48.5 Å². The Balaban J connectivity index is 0.00000450. The van der Waals surface area contributed by atoms with E-state index in [2.05, 4.69) is 39.8 Å². The summed E-state index contributed by atoms with van der Waals surface area (Å²) in [6.45, 7) is 6.56. The Morgan fingerprint density at radius 3 is 2.60 bits per heavy atom. The highest BCUT2D eigenvalue weighted by molar-refractivity contribution is 14.0. The van der Waals surface area contributed by atoms with Crippen LogP contribution in [0.25, 0.3) is 0 Å². The molecular weight excluding hydrogens is 528 g/mol. The molecule has 0 fully saturated rings. The molecule has 0 aliphatic heterocycles. The molecule has 2 rings (SSSR count). The molecule has 5 nitrogen and oxygen atoms in total. The van der Waals surface area contributed by atoms with Crippen molar-refractivity contribution in [3.05, 3.63) is 51.5 Å². The number of nitrogens with one attached hydrogen (secondary N) is 2. The van der Waals surface area contributed by atoms with Crippen molar-refractivity contribution in [1.29, 1.82) is 0 Å². The van der Waals surface area contributed by atoms with E-state index in [1.165, 1.54) is 0 Å². The minimum absolute atomic E-state index is 0. The lowest BCUT2D eigenvalue weighted by Crippen LogP contribution is -2.36. The number of ether oxygens (including phenoxy) is 1. The monoisotopic (exact) mass is 556 g/mol. The summed E-state index contributed by atoms with van der Waals surface area (Å²) in [4.78, 5) is 9.15. The fourth-order valence-corrected chi connectivity index (χ4v) is 3.34. The van der Waals surface area contributed by atoms with Crippen LogP contribution in [0.3, 0.4) is 0 Å². The number of nitrogens with zero attached hydrogens (tertiary/aromatic N) is 2. The molecule has 0 aliphatic rings. The zero-order valence-electron chi connectivity index (χ0n) is 17.3. The molecule has 1 aromatic heterocycles. The van der Waals surface area contributed by atoms with Crippen LogP contribution in [0.4, 0.5) is 13.2 Å². The van der Waals surface area contributed by atoms with Gasteiger partial charge < -0.3 is 15.4 Å². The van der Waals surface area contributed by atoms with E-state index >= 15 is 0 Å². The van der Waals surface area contributed by atoms with Crippen LogP contribution in [0.2, 0.25) is 0 Å². The van der Waals surface area contributed by atoms with Gasteiger partial charge in [0, 0.05) is 11.9 Å². The van der Waals surface area contributed by atoms with Gasteiger partial charge in [0.2, 0.25) is 0 Å². The number of rotatable bonds is 9. The predicted octanol–water partition coefficient (Wildman–Crippen LogP) is 5.22. The van der Waals surface area contributed by atoms with Crippen molar-refractivity contribution in [2.24, 2.45) is 4.99 Å². The Morgan fingerprint density at radius 2 is 1.97 bits per heavy atom. The van der Waals surface area contributed by atoms with E-state index in [0.29, 0.717) is 37.1 Å². The van der Waals surface area contributed by atoms with Crippen molar-refractivity contribution in [1.82, 2.24) is 15.6 Å². The molecule has 0 atom stereocenters. The molecule has 2 aromatic rings. The molecule has 0 amide bonds. The molecule has 0 bridgehead atoms. The summed E-state index contributed by atoms with van der Waals surface area (Å²) in [6, 6.07) is 7.22. The van der Waals surface area contributed by atoms with Crippen LogP contribution in [0.15, 0.2) is 34.6 Å². The number of hydrogen-bond acceptors (Lipinski definition) is 4. The van der Waals surface area contributed by atoms with Crippen molar-refractivity contribution >= 4 is 41.3 Å². The van der Waals surface area contributed by atoms with Crippen LogP contribution >= 0.6 is 35.3 Å². The number of halogens is 4. The number of benzene rings is 1. The number of thiazole rings is 1. The molecule has 30 heavy (non-hydrogen) atoms. The minimum atomic E-state index is -4.32. The van der Waals surface area contributed by atoms with Gasteiger partial charge in [0.1, 0.15) is 11.6 Å². The summed E-state index contributed by atoms with van der Waals surface area (Å²) in [5.41, 5.74) is 2.66. The molecule has 10 heteroatoms. The number of alkyl halides is 3. The van der Waals surface area contributed by atoms with E-state index in [0.717, 1.165) is 16.3 Å². The average molecular weight is 556 g/mol. The predicted molar refractivity (Wildman–Crippen MR) is 125 cm³/mol. The maximum atomic E-state index is 12.2. The lowest BCUT2D eigenvalue weighted by atomic mass is 10.1. The van der Waals surface area contributed by atoms with Crippen LogP contribution in [-0.2, 0) is 24.4 Å². The van der Waals surface area contributed by atoms with E-state index in [9.17, 15) is 13.2 Å². The average Bonchev–Trinajstić information content (AvgIpc) is 3.13. The first-order valence-electron chi connectivity index (χ1n) is 9.45. The summed E-state index contributed by atoms with van der Waals surface area (Å²) in [7, 11) is 0. The SMILES string of the molecule is CCNC(=NCc1cccc(COCC(F)(F)F)c1)NCc1nc(C(C)C)cs1.I. The van der Waals surface area contributed by atoms with Gasteiger partial charge in [-0.1, -0.05) is 38.1 Å². The Hall–Kier alpha value is -1.40. The van der Waals surface area contributed by atoms with E-state index in [1.54, 1.807) is 29.5 Å². The Bertz CT molecular complexity index is 796. The minimum Gasteiger partial charge on any atom is -0.367 e. The molecule has 0 radical (unpaired) electrons. The summed E-state index contributed by atoms with van der Waals surface area (Å²) < 4.78 is 41.3. The van der Waals surface area contributed by atoms with Crippen molar-refractivity contribution in [2.45, 2.75) is 52.6 Å². The third-order valence-corrected chi connectivity index (χ3v) is 4.72. The normalized spacial score (nSPS) is 12.0. The molecular formula is C20H28F3IN4OS. The van der Waals surface area contributed by atoms with Gasteiger partial charge in [-0.15, -0.1) is 35.3 Å². The standard InChI is InChI=1S/C20H27F3N4OS.HI/c1-4-24-19(26-10-18-27-17(12-29-18)14(2)3)25-9-15-6-5-7-16(8-15)11-28-13-20(21,22)23;/h5-8,12,14H,4,9-11,13H2,1-3H3,(H2,24,25,26);1H. The fourth-order valence-electron chi connectivity index (χ4n) is 2.45. The smallest absolute Gasteiger partial charge is 0.367 e. The first kappa shape index (κ1) is 26.6. The van der Waals surface area contributed by atoms with Crippen molar-refractivity contribution in [3.8, 4) is 0 Å². The van der Waals surface area contributed by atoms with Gasteiger partial charge in [-0.05, 0) is 24.0 Å². The van der Waals surface area contributed by atoms with Crippen molar-refractivity contribution < 1.29 is 17.9 Å². The van der Waals surface area contributed by atoms with Crippen molar-refractivity contribution in [3.63, 3.8) is 0 Å². The quantitative estimate of drug-likeness (QED) is 0.253. The van der Waals surface area contributed by atoms with Gasteiger partial charge in [-0.3, -0.25) is 0 Å². The van der Waals surface area contributed by atoms with Gasteiger partial charge >= 0.3 is 6.18 Å². The van der Waals surface area contributed by atoms with Crippen LogP contribution in [-0.4, -0.2) is 30.3 Å². The van der Waals surface area contributed by atoms with Gasteiger partial charge in [0.15, 0.2) is 5.96 Å². The van der Waals surface area contributed by atoms with Gasteiger partial charge in [0.05, 0.1) is 25.4 Å². The molecule has 0 spiro atoms. The fraction of sp³-hybridized carbons (Fsp3) is 0.500. The largest absolute Gasteiger partial charge is 0.411 e. The van der Waals surface area contributed by atoms with Gasteiger partial charge in [-0.25, -0.2) is 9.98 Å². The Labute approximate surface area is 196 Å². The molecule has 168 valence electrons. The maximum absolute atomic E-state index is 12.2. The second kappa shape index (κ2) is 13.1. The van der Waals surface area contributed by atoms with Crippen LogP contribution in [0, 0.1) is 0 Å². The van der Waals surface area contributed by atoms with Crippen LogP contribution in [0.5, 0.6) is 0 Å². The zero-order chi connectivity index (χ0) is 21.3. The van der Waals surface area contributed by atoms with Crippen molar-refractivity contribution in [2.75, 3.05) is 13.2 Å². The van der Waals surface area contributed by atoms with E-state index < -0.39 is 12.8 Å². The summed E-state index contributed by atoms with van der Waals surface area (Å²) in [6.07, 6.45) is -4.32. The molecule has 0 unspecified atom stereocenters. The lowest BCUT2D eigenvalue weighted by Gasteiger charge is -2.11. The number of aliphatic imine (C=N–C) groups is 1. The van der Waals surface area contributed by atoms with E-state index in [1.807, 2.05) is 13.0 Å². The second-order valence-electron chi connectivity index (χ2n) is 6.80. The maximum Gasteiger partial charge on any atom is 0.411 e. The third kappa shape index (κ3) is 10.1. The summed E-state index contributed by atoms with van der Waals surface area (Å²) in [5, 5.41) is 9.50. The highest BCUT2D eigenvalue weighted by Gasteiger charge is 2.27.